The summed E-state index contributed by atoms with van der Waals surface area (Å²) in [6.07, 6.45) is -0.783. The number of halogens is 2. The number of rotatable bonds is 4. The van der Waals surface area contributed by atoms with E-state index >= 15 is 0 Å². The number of carbonyl (C=O) groups excluding carboxylic acids is 1. The van der Waals surface area contributed by atoms with Gasteiger partial charge >= 0.3 is 6.09 Å². The molecule has 1 amide bonds. The van der Waals surface area contributed by atoms with Crippen LogP contribution < -0.4 is 5.73 Å². The van der Waals surface area contributed by atoms with E-state index in [0.29, 0.717) is 12.4 Å². The fraction of sp³-hybridized carbons (Fsp3) is 0.273. The monoisotopic (exact) mass is 331 g/mol. The Kier molecular flexibility index (Phi) is 4.08. The second kappa shape index (κ2) is 5.58. The molecule has 0 saturated heterocycles. The highest BCUT2D eigenvalue weighted by atomic mass is 79.9. The molecular weight excluding hydrogens is 321 g/mol. The Balaban J connectivity index is 2.31. The number of amides is 1. The normalized spacial score (nSPS) is 10.8. The van der Waals surface area contributed by atoms with Crippen LogP contribution in [0.15, 0.2) is 22.7 Å². The van der Waals surface area contributed by atoms with Gasteiger partial charge in [-0.1, -0.05) is 15.9 Å². The first kappa shape index (κ1) is 13.2. The van der Waals surface area contributed by atoms with Crippen LogP contribution in [0.4, 0.5) is 4.79 Å². The summed E-state index contributed by atoms with van der Waals surface area (Å²) in [5.74, 6) is 1.03. The van der Waals surface area contributed by atoms with Crippen LogP contribution in [0, 0.1) is 0 Å². The fourth-order valence-corrected chi connectivity index (χ4v) is 2.29. The molecule has 0 aliphatic carbocycles. The van der Waals surface area contributed by atoms with Crippen LogP contribution in [0.3, 0.4) is 0 Å². The number of nitrogens with two attached hydrogens (primary N) is 1. The van der Waals surface area contributed by atoms with E-state index in [1.807, 2.05) is 22.8 Å². The number of hydrogen-bond acceptors (Lipinski definition) is 3. The van der Waals surface area contributed by atoms with Crippen molar-refractivity contribution in [3.05, 3.63) is 28.5 Å². The lowest BCUT2D eigenvalue weighted by Crippen LogP contribution is -2.17. The highest BCUT2D eigenvalue weighted by molar-refractivity contribution is 9.10. The van der Waals surface area contributed by atoms with E-state index in [2.05, 4.69) is 20.9 Å². The molecule has 2 aromatic rings. The third kappa shape index (κ3) is 2.76. The van der Waals surface area contributed by atoms with Crippen LogP contribution in [0.2, 0.25) is 0 Å². The molecule has 0 bridgehead atoms. The summed E-state index contributed by atoms with van der Waals surface area (Å²) >= 11 is 9.25. The number of alkyl halides is 1. The standard InChI is InChI=1S/C11H11BrClN3O2/c12-7-1-2-9-8(5-7)15-10(6-13)16(9)3-4-18-11(14)17/h1-2,5H,3-4,6H2,(H2,14,17). The lowest BCUT2D eigenvalue weighted by molar-refractivity contribution is 0.152. The summed E-state index contributed by atoms with van der Waals surface area (Å²) in [5.41, 5.74) is 6.71. The van der Waals surface area contributed by atoms with Gasteiger partial charge in [0.15, 0.2) is 0 Å². The minimum atomic E-state index is -0.783. The molecule has 18 heavy (non-hydrogen) atoms. The van der Waals surface area contributed by atoms with Crippen molar-refractivity contribution in [2.45, 2.75) is 12.4 Å². The number of primary amides is 1. The van der Waals surface area contributed by atoms with E-state index in [0.717, 1.165) is 21.3 Å². The molecule has 5 nitrogen and oxygen atoms in total. The summed E-state index contributed by atoms with van der Waals surface area (Å²) in [4.78, 5) is 15.0. The Morgan fingerprint density at radius 3 is 3.00 bits per heavy atom. The Hall–Kier alpha value is -1.27. The molecule has 2 rings (SSSR count). The van der Waals surface area contributed by atoms with Crippen molar-refractivity contribution in [2.24, 2.45) is 5.73 Å². The van der Waals surface area contributed by atoms with E-state index < -0.39 is 6.09 Å². The second-order valence-corrected chi connectivity index (χ2v) is 4.80. The quantitative estimate of drug-likeness (QED) is 0.875. The molecule has 1 aromatic heterocycles. The number of nitrogens with zero attached hydrogens (tertiary/aromatic N) is 2. The summed E-state index contributed by atoms with van der Waals surface area (Å²) in [6.45, 7) is 0.671. The van der Waals surface area contributed by atoms with Gasteiger partial charge in [0.25, 0.3) is 0 Å². The van der Waals surface area contributed by atoms with Gasteiger partial charge in [0.05, 0.1) is 23.5 Å². The van der Waals surface area contributed by atoms with E-state index in [4.69, 9.17) is 22.1 Å². The SMILES string of the molecule is NC(=O)OCCn1c(CCl)nc2cc(Br)ccc21. The third-order valence-corrected chi connectivity index (χ3v) is 3.20. The van der Waals surface area contributed by atoms with Crippen molar-refractivity contribution < 1.29 is 9.53 Å². The molecule has 1 heterocycles. The first-order valence-electron chi connectivity index (χ1n) is 5.24. The Labute approximate surface area is 117 Å². The Morgan fingerprint density at radius 1 is 1.56 bits per heavy atom. The van der Waals surface area contributed by atoms with E-state index in [1.54, 1.807) is 0 Å². The fourth-order valence-electron chi connectivity index (χ4n) is 1.74. The number of fused-ring (bicyclic) bond motifs is 1. The van der Waals surface area contributed by atoms with Gasteiger partial charge in [-0.2, -0.15) is 0 Å². The van der Waals surface area contributed by atoms with E-state index in [9.17, 15) is 4.79 Å². The lowest BCUT2D eigenvalue weighted by atomic mass is 10.3. The number of aromatic nitrogens is 2. The van der Waals surface area contributed by atoms with Crippen molar-refractivity contribution >= 4 is 44.7 Å². The lowest BCUT2D eigenvalue weighted by Gasteiger charge is -2.07. The van der Waals surface area contributed by atoms with E-state index in [1.165, 1.54) is 0 Å². The van der Waals surface area contributed by atoms with Crippen molar-refractivity contribution in [3.8, 4) is 0 Å². The zero-order valence-electron chi connectivity index (χ0n) is 9.40. The maximum absolute atomic E-state index is 10.5. The van der Waals surface area contributed by atoms with Gasteiger partial charge in [0.2, 0.25) is 0 Å². The van der Waals surface area contributed by atoms with Crippen LogP contribution in [-0.4, -0.2) is 22.3 Å². The Bertz CT molecular complexity index is 585. The highest BCUT2D eigenvalue weighted by Gasteiger charge is 2.10. The molecule has 1 aromatic carbocycles. The minimum absolute atomic E-state index is 0.195. The maximum Gasteiger partial charge on any atom is 0.404 e. The molecule has 0 aliphatic rings. The summed E-state index contributed by atoms with van der Waals surface area (Å²) in [5, 5.41) is 0. The molecule has 0 aliphatic heterocycles. The van der Waals surface area contributed by atoms with Crippen LogP contribution in [0.5, 0.6) is 0 Å². The van der Waals surface area contributed by atoms with Crippen LogP contribution >= 0.6 is 27.5 Å². The molecule has 0 atom stereocenters. The van der Waals surface area contributed by atoms with Gasteiger partial charge in [-0.25, -0.2) is 9.78 Å². The minimum Gasteiger partial charge on any atom is -0.448 e. The van der Waals surface area contributed by atoms with Crippen LogP contribution in [-0.2, 0) is 17.2 Å². The molecule has 0 unspecified atom stereocenters. The van der Waals surface area contributed by atoms with Gasteiger partial charge in [-0.3, -0.25) is 0 Å². The number of benzene rings is 1. The van der Waals surface area contributed by atoms with Gasteiger partial charge in [0.1, 0.15) is 12.4 Å². The molecule has 96 valence electrons. The summed E-state index contributed by atoms with van der Waals surface area (Å²) in [6, 6.07) is 5.77. The Morgan fingerprint density at radius 2 is 2.33 bits per heavy atom. The topological polar surface area (TPSA) is 70.1 Å². The molecule has 0 saturated carbocycles. The molecule has 7 heteroatoms. The largest absolute Gasteiger partial charge is 0.448 e. The van der Waals surface area contributed by atoms with Crippen LogP contribution in [0.25, 0.3) is 11.0 Å². The zero-order valence-corrected chi connectivity index (χ0v) is 11.7. The molecular formula is C11H11BrClN3O2. The van der Waals surface area contributed by atoms with Crippen molar-refractivity contribution in [3.63, 3.8) is 0 Å². The van der Waals surface area contributed by atoms with Crippen molar-refractivity contribution in [2.75, 3.05) is 6.61 Å². The average molecular weight is 333 g/mol. The van der Waals surface area contributed by atoms with Crippen molar-refractivity contribution in [1.82, 2.24) is 9.55 Å². The first-order chi connectivity index (χ1) is 8.61. The third-order valence-electron chi connectivity index (χ3n) is 2.47. The maximum atomic E-state index is 10.5. The van der Waals surface area contributed by atoms with Crippen molar-refractivity contribution in [1.29, 1.82) is 0 Å². The van der Waals surface area contributed by atoms with Gasteiger partial charge in [0, 0.05) is 4.47 Å². The highest BCUT2D eigenvalue weighted by Crippen LogP contribution is 2.21. The van der Waals surface area contributed by atoms with Gasteiger partial charge in [-0.15, -0.1) is 11.6 Å². The molecule has 2 N–H and O–H groups in total. The number of carbonyl (C=O) groups is 1. The smallest absolute Gasteiger partial charge is 0.404 e. The molecule has 0 radical (unpaired) electrons. The molecule has 0 spiro atoms. The first-order valence-corrected chi connectivity index (χ1v) is 6.57. The second-order valence-electron chi connectivity index (χ2n) is 3.61. The van der Waals surface area contributed by atoms with E-state index in [-0.39, 0.29) is 6.61 Å². The predicted octanol–water partition coefficient (Wildman–Crippen LogP) is 2.63. The van der Waals surface area contributed by atoms with Gasteiger partial charge in [-0.05, 0) is 18.2 Å². The number of imidazole rings is 1. The number of ether oxygens (including phenoxy) is 1. The summed E-state index contributed by atoms with van der Waals surface area (Å²) < 4.78 is 7.59. The number of hydrogen-bond donors (Lipinski definition) is 1. The average Bonchev–Trinajstić information content (AvgIpc) is 2.66. The summed E-state index contributed by atoms with van der Waals surface area (Å²) in [7, 11) is 0. The van der Waals surface area contributed by atoms with Crippen LogP contribution in [0.1, 0.15) is 5.82 Å². The predicted molar refractivity (Wildman–Crippen MR) is 72.5 cm³/mol. The van der Waals surface area contributed by atoms with Gasteiger partial charge < -0.3 is 15.0 Å². The zero-order chi connectivity index (χ0) is 13.1. The molecule has 0 fully saturated rings.